The van der Waals surface area contributed by atoms with Gasteiger partial charge in [-0.3, -0.25) is 0 Å². The van der Waals surface area contributed by atoms with Crippen LogP contribution < -0.4 is 0 Å². The normalized spacial score (nSPS) is 49.8. The zero-order chi connectivity index (χ0) is 44.9. The number of rotatable bonds is 18. The third kappa shape index (κ3) is 10.5. The molecule has 0 unspecified atom stereocenters. The maximum Gasteiger partial charge on any atom is 0.187 e. The Morgan fingerprint density at radius 2 is 0.541 bits per heavy atom. The predicted molar refractivity (Wildman–Crippen MR) is 190 cm³/mol. The van der Waals surface area contributed by atoms with Crippen molar-refractivity contribution in [3.8, 4) is 0 Å². The van der Waals surface area contributed by atoms with Gasteiger partial charge in [0.25, 0.3) is 0 Å². The summed E-state index contributed by atoms with van der Waals surface area (Å²) >= 11 is 0. The highest BCUT2D eigenvalue weighted by molar-refractivity contribution is 5.00. The highest BCUT2D eigenvalue weighted by Gasteiger charge is 2.57. The van der Waals surface area contributed by atoms with Crippen LogP contribution in [0.1, 0.15) is 0 Å². The van der Waals surface area contributed by atoms with E-state index in [4.69, 9.17) is 66.3 Å². The van der Waals surface area contributed by atoms with Gasteiger partial charge in [0, 0.05) is 35.5 Å². The lowest BCUT2D eigenvalue weighted by molar-refractivity contribution is -0.395. The molecule has 61 heavy (non-hydrogen) atoms. The maximum atomic E-state index is 11.6. The van der Waals surface area contributed by atoms with Gasteiger partial charge in [-0.2, -0.15) is 0 Å². The molecule has 0 aliphatic carbocycles. The van der Waals surface area contributed by atoms with Crippen molar-refractivity contribution in [1.82, 2.24) is 0 Å². The molecule has 0 aromatic heterocycles. The molecular weight excluding hydrogens is 836 g/mol. The van der Waals surface area contributed by atoms with Crippen molar-refractivity contribution in [2.24, 2.45) is 0 Å². The van der Waals surface area contributed by atoms with E-state index in [0.717, 1.165) is 0 Å². The fraction of sp³-hybridized carbons (Fsp3) is 1.00. The summed E-state index contributed by atoms with van der Waals surface area (Å²) in [6, 6.07) is 0. The van der Waals surface area contributed by atoms with E-state index in [1.54, 1.807) is 0 Å². The highest BCUT2D eigenvalue weighted by atomic mass is 16.8. The number of hydrogen-bond donors (Lipinski definition) is 12. The first-order valence-electron chi connectivity index (χ1n) is 19.6. The van der Waals surface area contributed by atoms with E-state index in [9.17, 15) is 61.3 Å². The molecule has 5 rings (SSSR count). The van der Waals surface area contributed by atoms with E-state index < -0.39 is 187 Å². The van der Waals surface area contributed by atoms with Crippen LogP contribution in [0.5, 0.6) is 0 Å². The summed E-state index contributed by atoms with van der Waals surface area (Å²) < 4.78 is 79.5. The molecule has 5 saturated heterocycles. The monoisotopic (exact) mass is 898 g/mol. The number of aliphatic hydroxyl groups excluding tert-OH is 12. The van der Waals surface area contributed by atoms with Gasteiger partial charge in [-0.05, 0) is 0 Å². The summed E-state index contributed by atoms with van der Waals surface area (Å²) in [4.78, 5) is 0. The van der Waals surface area contributed by atoms with Crippen LogP contribution in [-0.4, -0.2) is 283 Å². The van der Waals surface area contributed by atoms with Crippen LogP contribution in [0.15, 0.2) is 0 Å². The lowest BCUT2D eigenvalue weighted by Crippen LogP contribution is -2.68. The lowest BCUT2D eigenvalue weighted by atomic mass is 9.95. The van der Waals surface area contributed by atoms with Crippen LogP contribution in [0.4, 0.5) is 0 Å². The van der Waals surface area contributed by atoms with E-state index >= 15 is 0 Å². The molecule has 5 aliphatic rings. The quantitative estimate of drug-likeness (QED) is 0.0608. The van der Waals surface area contributed by atoms with E-state index in [1.165, 1.54) is 35.5 Å². The smallest absolute Gasteiger partial charge is 0.187 e. The first-order chi connectivity index (χ1) is 29.2. The predicted octanol–water partition coefficient (Wildman–Crippen LogP) is -8.65. The number of aliphatic hydroxyl groups is 12. The third-order valence-electron chi connectivity index (χ3n) is 11.5. The second-order valence-electron chi connectivity index (χ2n) is 15.0. The van der Waals surface area contributed by atoms with Gasteiger partial charge in [0.1, 0.15) is 122 Å². The Kier molecular flexibility index (Phi) is 19.1. The van der Waals surface area contributed by atoms with Gasteiger partial charge in [0.2, 0.25) is 0 Å². The summed E-state index contributed by atoms with van der Waals surface area (Å²) in [7, 11) is 6.03. The average molecular weight is 899 g/mol. The van der Waals surface area contributed by atoms with Crippen LogP contribution in [-0.2, 0) is 66.3 Å². The number of hydrogen-bond acceptors (Lipinski definition) is 26. The van der Waals surface area contributed by atoms with Crippen LogP contribution in [0.25, 0.3) is 0 Å². The third-order valence-corrected chi connectivity index (χ3v) is 11.5. The molecule has 0 saturated carbocycles. The minimum atomic E-state index is -1.77. The van der Waals surface area contributed by atoms with Crippen molar-refractivity contribution in [2.75, 3.05) is 68.6 Å². The Morgan fingerprint density at radius 1 is 0.295 bits per heavy atom. The van der Waals surface area contributed by atoms with Crippen molar-refractivity contribution in [2.45, 2.75) is 154 Å². The molecule has 0 amide bonds. The minimum absolute atomic E-state index is 0.669. The molecule has 5 aliphatic heterocycles. The molecule has 0 radical (unpaired) electrons. The molecule has 12 N–H and O–H groups in total. The minimum Gasteiger partial charge on any atom is -0.394 e. The molecule has 26 nitrogen and oxygen atoms in total. The fourth-order valence-electron chi connectivity index (χ4n) is 8.32. The van der Waals surface area contributed by atoms with Crippen LogP contribution >= 0.6 is 0 Å². The standard InChI is InChI=1S/C35H62O26/c1-48-26-16(41)11(6-36)54-32(18(26)43)59-23-13(8-38)56-34(20(45)28(23)50-3)61-25-15(10-40)57-35(21(46)30(25)52-5)60-24-14(9-39)55-33(19(44)29(24)51-4)58-22-12(7-37)53-31(47)17(42)27(22)49-2/h11-47H,6-10H2,1-5H3/t11-,12-,13-,14-,15-,16-,17+,18-,19+,20+,21+,22-,23-,24-,25-,26+,27-,28-,29-,30-,31+,32-,33-,34-,35-/m1/s1. The molecule has 0 aromatic carbocycles. The molecule has 5 heterocycles. The molecule has 25 atom stereocenters. The van der Waals surface area contributed by atoms with E-state index in [2.05, 4.69) is 0 Å². The second kappa shape index (κ2) is 22.9. The van der Waals surface area contributed by atoms with Gasteiger partial charge in [-0.1, -0.05) is 0 Å². The summed E-state index contributed by atoms with van der Waals surface area (Å²) in [5.41, 5.74) is 0. The van der Waals surface area contributed by atoms with Crippen molar-refractivity contribution < 1.29 is 128 Å². The molecular formula is C35H62O26. The molecule has 26 heteroatoms. The summed E-state index contributed by atoms with van der Waals surface area (Å²) in [5, 5.41) is 127. The highest BCUT2D eigenvalue weighted by Crippen LogP contribution is 2.37. The zero-order valence-electron chi connectivity index (χ0n) is 34.1. The fourth-order valence-corrected chi connectivity index (χ4v) is 8.32. The van der Waals surface area contributed by atoms with E-state index in [0.29, 0.717) is 0 Å². The molecule has 5 fully saturated rings. The van der Waals surface area contributed by atoms with Gasteiger partial charge in [0.15, 0.2) is 31.5 Å². The number of methoxy groups -OCH3 is 5. The van der Waals surface area contributed by atoms with Crippen molar-refractivity contribution in [3.05, 3.63) is 0 Å². The first kappa shape index (κ1) is 51.0. The van der Waals surface area contributed by atoms with Crippen LogP contribution in [0, 0.1) is 0 Å². The summed E-state index contributed by atoms with van der Waals surface area (Å²) in [6.45, 7) is -3.71. The Labute approximate surface area is 349 Å². The van der Waals surface area contributed by atoms with Crippen molar-refractivity contribution in [1.29, 1.82) is 0 Å². The van der Waals surface area contributed by atoms with Crippen LogP contribution in [0.3, 0.4) is 0 Å². The van der Waals surface area contributed by atoms with Gasteiger partial charge in [-0.25, -0.2) is 0 Å². The van der Waals surface area contributed by atoms with Gasteiger partial charge in [-0.15, -0.1) is 0 Å². The molecule has 0 aromatic rings. The van der Waals surface area contributed by atoms with Gasteiger partial charge >= 0.3 is 0 Å². The molecule has 358 valence electrons. The Morgan fingerprint density at radius 3 is 0.820 bits per heavy atom. The largest absolute Gasteiger partial charge is 0.394 e. The average Bonchev–Trinajstić information content (AvgIpc) is 3.25. The SMILES string of the molecule is CO[C@@H]1[C@@H](O)[C@@H](O[C@H]2[C@H](OC)[C@H](O)[C@@H](O[C@H]3[C@H](OC)[C@H](O)[C@@H](O[C@H]4[C@H](OC)[C@H](O)[C@@H](O[C@H]5[C@H](OC)[C@H](O)[C@@H](O)O[C@@H]5CO)O[C@@H]4CO)O[C@@H]3CO)O[C@@H]2CO)O[C@H](CO)[C@H]1O. The molecule has 0 bridgehead atoms. The van der Waals surface area contributed by atoms with Crippen molar-refractivity contribution >= 4 is 0 Å². The van der Waals surface area contributed by atoms with Crippen molar-refractivity contribution in [3.63, 3.8) is 0 Å². The Hall–Kier alpha value is -1.04. The number of ether oxygens (including phenoxy) is 14. The Balaban J connectivity index is 1.29. The maximum absolute atomic E-state index is 11.6. The van der Waals surface area contributed by atoms with E-state index in [1.807, 2.05) is 0 Å². The molecule has 0 spiro atoms. The van der Waals surface area contributed by atoms with Gasteiger partial charge in [0.05, 0.1) is 33.0 Å². The topological polar surface area (TPSA) is 372 Å². The first-order valence-corrected chi connectivity index (χ1v) is 19.6. The summed E-state index contributed by atoms with van der Waals surface area (Å²) in [6.07, 6.45) is -37.0. The summed E-state index contributed by atoms with van der Waals surface area (Å²) in [5.74, 6) is 0. The Bertz CT molecular complexity index is 1290. The zero-order valence-corrected chi connectivity index (χ0v) is 34.1. The van der Waals surface area contributed by atoms with Crippen LogP contribution in [0.2, 0.25) is 0 Å². The lowest BCUT2D eigenvalue weighted by Gasteiger charge is -2.50. The second-order valence-corrected chi connectivity index (χ2v) is 15.0. The van der Waals surface area contributed by atoms with Gasteiger partial charge < -0.3 is 128 Å². The van der Waals surface area contributed by atoms with E-state index in [-0.39, 0.29) is 0 Å².